The second-order valence-corrected chi connectivity index (χ2v) is 6.33. The number of hydrogen-bond donors (Lipinski definition) is 1. The van der Waals surface area contributed by atoms with Crippen LogP contribution in [-0.2, 0) is 14.8 Å². The van der Waals surface area contributed by atoms with E-state index in [9.17, 15) is 18.0 Å². The number of nitrogens with zero attached hydrogens (tertiary/aromatic N) is 1. The number of rotatable bonds is 6. The molecule has 0 atom stereocenters. The summed E-state index contributed by atoms with van der Waals surface area (Å²) in [7, 11) is -3.45. The van der Waals surface area contributed by atoms with Crippen molar-refractivity contribution in [3.05, 3.63) is 29.8 Å². The maximum atomic E-state index is 11.8. The van der Waals surface area contributed by atoms with Gasteiger partial charge in [0.15, 0.2) is 5.78 Å². The van der Waals surface area contributed by atoms with Crippen molar-refractivity contribution in [3.63, 3.8) is 0 Å². The molecule has 1 aromatic carbocycles. The van der Waals surface area contributed by atoms with Crippen molar-refractivity contribution in [1.82, 2.24) is 5.32 Å². The predicted octanol–water partition coefficient (Wildman–Crippen LogP) is 0.791. The average Bonchev–Trinajstić information content (AvgIpc) is 2.33. The molecule has 6 nitrogen and oxygen atoms in total. The van der Waals surface area contributed by atoms with Gasteiger partial charge in [0.05, 0.1) is 18.5 Å². The van der Waals surface area contributed by atoms with Gasteiger partial charge >= 0.3 is 0 Å². The lowest BCUT2D eigenvalue weighted by Gasteiger charge is -2.22. The van der Waals surface area contributed by atoms with Crippen LogP contribution < -0.4 is 9.62 Å². The number of carbonyl (C=O) groups is 2. The molecule has 110 valence electrons. The van der Waals surface area contributed by atoms with E-state index in [1.54, 1.807) is 24.3 Å². The SMILES string of the molecule is CC(=O)NCCN(c1ccc(C(C)=O)cc1)S(C)(=O)=O. The first-order valence-corrected chi connectivity index (χ1v) is 7.90. The van der Waals surface area contributed by atoms with Gasteiger partial charge in [0, 0.05) is 19.0 Å². The Kier molecular flexibility index (Phi) is 5.26. The number of sulfonamides is 1. The minimum Gasteiger partial charge on any atom is -0.355 e. The molecule has 0 aliphatic carbocycles. The molecule has 20 heavy (non-hydrogen) atoms. The van der Waals surface area contributed by atoms with Crippen molar-refractivity contribution in [2.24, 2.45) is 0 Å². The molecule has 0 radical (unpaired) electrons. The number of anilines is 1. The third-order valence-electron chi connectivity index (χ3n) is 2.65. The zero-order valence-electron chi connectivity index (χ0n) is 11.7. The van der Waals surface area contributed by atoms with E-state index in [1.165, 1.54) is 18.2 Å². The van der Waals surface area contributed by atoms with E-state index < -0.39 is 10.0 Å². The summed E-state index contributed by atoms with van der Waals surface area (Å²) in [6.45, 7) is 3.17. The van der Waals surface area contributed by atoms with Crippen LogP contribution in [0.5, 0.6) is 0 Å². The molecule has 1 N–H and O–H groups in total. The van der Waals surface area contributed by atoms with E-state index in [4.69, 9.17) is 0 Å². The maximum Gasteiger partial charge on any atom is 0.232 e. The van der Waals surface area contributed by atoms with Crippen molar-refractivity contribution in [1.29, 1.82) is 0 Å². The molecule has 0 aliphatic rings. The van der Waals surface area contributed by atoms with Gasteiger partial charge < -0.3 is 5.32 Å². The highest BCUT2D eigenvalue weighted by Gasteiger charge is 2.17. The summed E-state index contributed by atoms with van der Waals surface area (Å²) in [6, 6.07) is 6.31. The summed E-state index contributed by atoms with van der Waals surface area (Å²) >= 11 is 0. The number of benzene rings is 1. The van der Waals surface area contributed by atoms with Crippen LogP contribution in [0.3, 0.4) is 0 Å². The van der Waals surface area contributed by atoms with E-state index in [0.29, 0.717) is 11.3 Å². The van der Waals surface area contributed by atoms with Crippen LogP contribution >= 0.6 is 0 Å². The Hall–Kier alpha value is -1.89. The van der Waals surface area contributed by atoms with Crippen LogP contribution in [0.15, 0.2) is 24.3 Å². The molecule has 0 spiro atoms. The molecule has 0 heterocycles. The summed E-state index contributed by atoms with van der Waals surface area (Å²) in [5, 5.41) is 2.55. The standard InChI is InChI=1S/C13H18N2O4S/c1-10(16)12-4-6-13(7-5-12)15(20(3,18)19)9-8-14-11(2)17/h4-7H,8-9H2,1-3H3,(H,14,17). The van der Waals surface area contributed by atoms with E-state index in [2.05, 4.69) is 5.32 Å². The van der Waals surface area contributed by atoms with Gasteiger partial charge in [-0.15, -0.1) is 0 Å². The monoisotopic (exact) mass is 298 g/mol. The quantitative estimate of drug-likeness (QED) is 0.787. The minimum absolute atomic E-state index is 0.0827. The molecular weight excluding hydrogens is 280 g/mol. The molecule has 0 aliphatic heterocycles. The highest BCUT2D eigenvalue weighted by atomic mass is 32.2. The van der Waals surface area contributed by atoms with Gasteiger partial charge in [-0.3, -0.25) is 13.9 Å². The van der Waals surface area contributed by atoms with Crippen molar-refractivity contribution in [2.75, 3.05) is 23.7 Å². The Morgan fingerprint density at radius 3 is 2.10 bits per heavy atom. The highest BCUT2D eigenvalue weighted by molar-refractivity contribution is 7.92. The van der Waals surface area contributed by atoms with Crippen LogP contribution in [0, 0.1) is 0 Å². The molecule has 1 rings (SSSR count). The van der Waals surface area contributed by atoms with E-state index in [0.717, 1.165) is 6.26 Å². The predicted molar refractivity (Wildman–Crippen MR) is 77.3 cm³/mol. The molecule has 0 saturated heterocycles. The molecule has 0 fully saturated rings. The number of Topliss-reactive ketones (excluding diaryl/α,β-unsaturated/α-hetero) is 1. The molecule has 0 bridgehead atoms. The van der Waals surface area contributed by atoms with Gasteiger partial charge in [-0.05, 0) is 31.2 Å². The van der Waals surface area contributed by atoms with E-state index in [1.807, 2.05) is 0 Å². The first-order chi connectivity index (χ1) is 9.21. The third-order valence-corrected chi connectivity index (χ3v) is 3.85. The minimum atomic E-state index is -3.45. The van der Waals surface area contributed by atoms with Crippen molar-refractivity contribution >= 4 is 27.4 Å². The first-order valence-electron chi connectivity index (χ1n) is 6.05. The Bertz CT molecular complexity index is 593. The van der Waals surface area contributed by atoms with Crippen LogP contribution in [0.4, 0.5) is 5.69 Å². The van der Waals surface area contributed by atoms with E-state index in [-0.39, 0.29) is 24.8 Å². The normalized spacial score (nSPS) is 10.9. The number of hydrogen-bond acceptors (Lipinski definition) is 4. The summed E-state index contributed by atoms with van der Waals surface area (Å²) in [6.07, 6.45) is 1.10. The summed E-state index contributed by atoms with van der Waals surface area (Å²) in [4.78, 5) is 22.0. The van der Waals surface area contributed by atoms with Gasteiger partial charge in [-0.25, -0.2) is 8.42 Å². The second kappa shape index (κ2) is 6.51. The highest BCUT2D eigenvalue weighted by Crippen LogP contribution is 2.18. The smallest absolute Gasteiger partial charge is 0.232 e. The van der Waals surface area contributed by atoms with Gasteiger partial charge in [0.25, 0.3) is 0 Å². The van der Waals surface area contributed by atoms with Crippen LogP contribution in [0.1, 0.15) is 24.2 Å². The van der Waals surface area contributed by atoms with Crippen molar-refractivity contribution in [3.8, 4) is 0 Å². The second-order valence-electron chi connectivity index (χ2n) is 4.42. The van der Waals surface area contributed by atoms with Gasteiger partial charge in [-0.2, -0.15) is 0 Å². The molecule has 0 unspecified atom stereocenters. The summed E-state index contributed by atoms with van der Waals surface area (Å²) in [5.74, 6) is -0.300. The summed E-state index contributed by atoms with van der Waals surface area (Å²) < 4.78 is 24.7. The molecule has 1 aromatic rings. The van der Waals surface area contributed by atoms with Gasteiger partial charge in [0.2, 0.25) is 15.9 Å². The Morgan fingerprint density at radius 1 is 1.15 bits per heavy atom. The van der Waals surface area contributed by atoms with Gasteiger partial charge in [-0.1, -0.05) is 0 Å². The topological polar surface area (TPSA) is 83.6 Å². The largest absolute Gasteiger partial charge is 0.355 e. The maximum absolute atomic E-state index is 11.8. The van der Waals surface area contributed by atoms with Gasteiger partial charge in [0.1, 0.15) is 0 Å². The fraction of sp³-hybridized carbons (Fsp3) is 0.385. The van der Waals surface area contributed by atoms with E-state index >= 15 is 0 Å². The number of ketones is 1. The number of nitrogens with one attached hydrogen (secondary N) is 1. The lowest BCUT2D eigenvalue weighted by atomic mass is 10.1. The number of carbonyl (C=O) groups excluding carboxylic acids is 2. The third kappa shape index (κ3) is 4.65. The lowest BCUT2D eigenvalue weighted by molar-refractivity contribution is -0.118. The Balaban J connectivity index is 2.94. The first kappa shape index (κ1) is 16.2. The summed E-state index contributed by atoms with van der Waals surface area (Å²) in [5.41, 5.74) is 0.979. The van der Waals surface area contributed by atoms with Crippen molar-refractivity contribution < 1.29 is 18.0 Å². The van der Waals surface area contributed by atoms with Crippen LogP contribution in [0.2, 0.25) is 0 Å². The fourth-order valence-electron chi connectivity index (χ4n) is 1.68. The average molecular weight is 298 g/mol. The lowest BCUT2D eigenvalue weighted by Crippen LogP contribution is -2.37. The zero-order chi connectivity index (χ0) is 15.3. The Morgan fingerprint density at radius 2 is 1.70 bits per heavy atom. The van der Waals surface area contributed by atoms with Crippen LogP contribution in [0.25, 0.3) is 0 Å². The fourth-order valence-corrected chi connectivity index (χ4v) is 2.61. The molecular formula is C13H18N2O4S. The van der Waals surface area contributed by atoms with Crippen LogP contribution in [-0.4, -0.2) is 39.5 Å². The van der Waals surface area contributed by atoms with Crippen molar-refractivity contribution in [2.45, 2.75) is 13.8 Å². The molecule has 1 amide bonds. The molecule has 7 heteroatoms. The Labute approximate surface area is 118 Å². The number of amides is 1. The molecule has 0 aromatic heterocycles. The zero-order valence-corrected chi connectivity index (χ0v) is 12.5. The molecule has 0 saturated carbocycles.